The van der Waals surface area contributed by atoms with Crippen LogP contribution in [-0.4, -0.2) is 41.2 Å². The Kier molecular flexibility index (Phi) is 4.51. The predicted octanol–water partition coefficient (Wildman–Crippen LogP) is 4.12. The van der Waals surface area contributed by atoms with Gasteiger partial charge in [0.05, 0.1) is 26.8 Å². The number of rotatable bonds is 5. The molecule has 0 unspecified atom stereocenters. The molecule has 5 aromatic rings. The highest BCUT2D eigenvalue weighted by atomic mass is 16.5. The van der Waals surface area contributed by atoms with Crippen molar-refractivity contribution in [2.45, 2.75) is 12.5 Å². The summed E-state index contributed by atoms with van der Waals surface area (Å²) in [6.07, 6.45) is 1.47. The minimum Gasteiger partial charge on any atom is -0.469 e. The zero-order chi connectivity index (χ0) is 21.5. The van der Waals surface area contributed by atoms with Crippen LogP contribution in [0.2, 0.25) is 0 Å². The van der Waals surface area contributed by atoms with Gasteiger partial charge in [0.15, 0.2) is 6.04 Å². The molecule has 7 nitrogen and oxygen atoms in total. The summed E-state index contributed by atoms with van der Waals surface area (Å²) in [5.41, 5.74) is 1.51. The first-order valence-corrected chi connectivity index (χ1v) is 9.84. The maximum atomic E-state index is 12.2. The van der Waals surface area contributed by atoms with E-state index in [9.17, 15) is 9.59 Å². The molecule has 4 aromatic carbocycles. The Balaban J connectivity index is 1.66. The molecule has 0 N–H and O–H groups in total. The molecule has 31 heavy (non-hydrogen) atoms. The topological polar surface area (TPSA) is 83.3 Å². The van der Waals surface area contributed by atoms with Crippen molar-refractivity contribution in [1.29, 1.82) is 0 Å². The monoisotopic (exact) mass is 413 g/mol. The van der Waals surface area contributed by atoms with Gasteiger partial charge in [0, 0.05) is 5.56 Å². The number of benzene rings is 4. The summed E-state index contributed by atoms with van der Waals surface area (Å²) >= 11 is 0. The van der Waals surface area contributed by atoms with Crippen molar-refractivity contribution in [2.75, 3.05) is 14.2 Å². The first-order chi connectivity index (χ1) is 15.1. The number of ether oxygens (including phenoxy) is 2. The molecular weight excluding hydrogens is 394 g/mol. The van der Waals surface area contributed by atoms with E-state index in [4.69, 9.17) is 9.47 Å². The standard InChI is InChI=1S/C24H19N3O4/c1-30-21(28)12-20(24(29)31-2)27-13-19(25-26-27)17-10-8-16-7-6-14-4-3-5-15-9-11-18(17)23(16)22(14)15/h3-11,13,20H,12H2,1-2H3/t20-/m0/s1. The Morgan fingerprint density at radius 2 is 1.58 bits per heavy atom. The van der Waals surface area contributed by atoms with E-state index < -0.39 is 18.0 Å². The molecule has 0 amide bonds. The SMILES string of the molecule is COC(=O)C[C@@H](C(=O)OC)n1cc(-c2ccc3ccc4cccc5ccc2c3c45)nn1. The summed E-state index contributed by atoms with van der Waals surface area (Å²) < 4.78 is 10.9. The fourth-order valence-corrected chi connectivity index (χ4v) is 4.17. The van der Waals surface area contributed by atoms with Crippen molar-refractivity contribution in [1.82, 2.24) is 15.0 Å². The number of hydrogen-bond acceptors (Lipinski definition) is 6. The summed E-state index contributed by atoms with van der Waals surface area (Å²) in [6, 6.07) is 17.8. The second-order valence-corrected chi connectivity index (χ2v) is 7.37. The highest BCUT2D eigenvalue weighted by molar-refractivity contribution is 6.25. The van der Waals surface area contributed by atoms with E-state index in [1.54, 1.807) is 6.20 Å². The van der Waals surface area contributed by atoms with E-state index in [0.717, 1.165) is 16.3 Å². The lowest BCUT2D eigenvalue weighted by atomic mass is 9.91. The lowest BCUT2D eigenvalue weighted by Gasteiger charge is -2.13. The molecule has 0 saturated heterocycles. The maximum absolute atomic E-state index is 12.2. The Morgan fingerprint density at radius 3 is 2.29 bits per heavy atom. The first-order valence-electron chi connectivity index (χ1n) is 9.84. The average molecular weight is 413 g/mol. The van der Waals surface area contributed by atoms with Crippen molar-refractivity contribution in [3.8, 4) is 11.3 Å². The number of hydrogen-bond donors (Lipinski definition) is 0. The van der Waals surface area contributed by atoms with Crippen molar-refractivity contribution < 1.29 is 19.1 Å². The fourth-order valence-electron chi connectivity index (χ4n) is 4.17. The average Bonchev–Trinajstić information content (AvgIpc) is 3.29. The Morgan fingerprint density at radius 1 is 0.903 bits per heavy atom. The van der Waals surface area contributed by atoms with Gasteiger partial charge in [0.2, 0.25) is 0 Å². The van der Waals surface area contributed by atoms with Gasteiger partial charge < -0.3 is 9.47 Å². The Bertz CT molecular complexity index is 1420. The van der Waals surface area contributed by atoms with Crippen molar-refractivity contribution in [3.63, 3.8) is 0 Å². The van der Waals surface area contributed by atoms with E-state index >= 15 is 0 Å². The van der Waals surface area contributed by atoms with Crippen molar-refractivity contribution in [2.24, 2.45) is 0 Å². The minimum absolute atomic E-state index is 0.190. The summed E-state index contributed by atoms with van der Waals surface area (Å²) in [4.78, 5) is 24.0. The molecule has 154 valence electrons. The van der Waals surface area contributed by atoms with Crippen LogP contribution in [0.3, 0.4) is 0 Å². The van der Waals surface area contributed by atoms with Gasteiger partial charge in [0.25, 0.3) is 0 Å². The van der Waals surface area contributed by atoms with E-state index in [1.165, 1.54) is 40.4 Å². The van der Waals surface area contributed by atoms with Crippen molar-refractivity contribution >= 4 is 44.3 Å². The van der Waals surface area contributed by atoms with Gasteiger partial charge in [-0.1, -0.05) is 59.8 Å². The summed E-state index contributed by atoms with van der Waals surface area (Å²) in [5.74, 6) is -1.12. The van der Waals surface area contributed by atoms with Crippen LogP contribution in [0.25, 0.3) is 43.6 Å². The molecule has 0 aliphatic rings. The fraction of sp³-hybridized carbons (Fsp3) is 0.167. The molecule has 5 rings (SSSR count). The highest BCUT2D eigenvalue weighted by Crippen LogP contribution is 2.38. The second-order valence-electron chi connectivity index (χ2n) is 7.37. The predicted molar refractivity (Wildman–Crippen MR) is 117 cm³/mol. The molecule has 1 heterocycles. The number of aromatic nitrogens is 3. The van der Waals surface area contributed by atoms with Gasteiger partial charge in [-0.3, -0.25) is 4.79 Å². The molecular formula is C24H19N3O4. The maximum Gasteiger partial charge on any atom is 0.331 e. The number of esters is 2. The van der Waals surface area contributed by atoms with E-state index in [-0.39, 0.29) is 6.42 Å². The molecule has 1 aromatic heterocycles. The van der Waals surface area contributed by atoms with Gasteiger partial charge in [-0.2, -0.15) is 0 Å². The van der Waals surface area contributed by atoms with Gasteiger partial charge >= 0.3 is 11.9 Å². The van der Waals surface area contributed by atoms with E-state index in [1.807, 2.05) is 6.07 Å². The summed E-state index contributed by atoms with van der Waals surface area (Å²) in [5, 5.41) is 15.4. The van der Waals surface area contributed by atoms with Crippen LogP contribution >= 0.6 is 0 Å². The highest BCUT2D eigenvalue weighted by Gasteiger charge is 2.27. The zero-order valence-corrected chi connectivity index (χ0v) is 17.0. The largest absolute Gasteiger partial charge is 0.469 e. The molecule has 0 radical (unpaired) electrons. The van der Waals surface area contributed by atoms with Crippen LogP contribution in [0.15, 0.2) is 60.8 Å². The quantitative estimate of drug-likeness (QED) is 0.318. The lowest BCUT2D eigenvalue weighted by Crippen LogP contribution is -2.24. The lowest BCUT2D eigenvalue weighted by molar-refractivity contribution is -0.151. The molecule has 0 aliphatic heterocycles. The summed E-state index contributed by atoms with van der Waals surface area (Å²) in [7, 11) is 2.54. The molecule has 0 saturated carbocycles. The van der Waals surface area contributed by atoms with Crippen LogP contribution in [0.5, 0.6) is 0 Å². The van der Waals surface area contributed by atoms with Crippen molar-refractivity contribution in [3.05, 3.63) is 60.8 Å². The Hall–Kier alpha value is -4.00. The third kappa shape index (κ3) is 3.06. The van der Waals surface area contributed by atoms with Crippen LogP contribution < -0.4 is 0 Å². The molecule has 0 aliphatic carbocycles. The number of methoxy groups -OCH3 is 2. The van der Waals surface area contributed by atoms with Gasteiger partial charge in [-0.15, -0.1) is 5.10 Å². The summed E-state index contributed by atoms with van der Waals surface area (Å²) in [6.45, 7) is 0. The van der Waals surface area contributed by atoms with Crippen LogP contribution in [0, 0.1) is 0 Å². The van der Waals surface area contributed by atoms with Gasteiger partial charge in [-0.05, 0) is 32.3 Å². The van der Waals surface area contributed by atoms with Gasteiger partial charge in [-0.25, -0.2) is 9.48 Å². The van der Waals surface area contributed by atoms with E-state index in [2.05, 4.69) is 58.8 Å². The van der Waals surface area contributed by atoms with E-state index in [0.29, 0.717) is 5.69 Å². The normalized spacial score (nSPS) is 12.5. The number of carbonyl (C=O) groups excluding carboxylic acids is 2. The van der Waals surface area contributed by atoms with Gasteiger partial charge in [0.1, 0.15) is 5.69 Å². The molecule has 0 bridgehead atoms. The second kappa shape index (κ2) is 7.36. The Labute approximate surface area is 177 Å². The molecule has 0 fully saturated rings. The first kappa shape index (κ1) is 19.0. The third-order valence-corrected chi connectivity index (χ3v) is 5.70. The zero-order valence-electron chi connectivity index (χ0n) is 17.0. The van der Waals surface area contributed by atoms with Crippen LogP contribution in [0.1, 0.15) is 12.5 Å². The molecule has 7 heteroatoms. The third-order valence-electron chi connectivity index (χ3n) is 5.70. The smallest absolute Gasteiger partial charge is 0.331 e. The molecule has 1 atom stereocenters. The van der Waals surface area contributed by atoms with Crippen LogP contribution in [0.4, 0.5) is 0 Å². The number of nitrogens with zero attached hydrogens (tertiary/aromatic N) is 3. The minimum atomic E-state index is -0.946. The van der Waals surface area contributed by atoms with Crippen LogP contribution in [-0.2, 0) is 19.1 Å². The molecule has 0 spiro atoms. The number of carbonyl (C=O) groups is 2.